The van der Waals surface area contributed by atoms with Gasteiger partial charge in [-0.15, -0.1) is 11.8 Å². The number of nitrogens with one attached hydrogen (secondary N) is 1. The molecule has 5 heteroatoms. The summed E-state index contributed by atoms with van der Waals surface area (Å²) in [5.41, 5.74) is 1.93. The highest BCUT2D eigenvalue weighted by Gasteiger charge is 2.07. The minimum atomic E-state index is -0.296. The van der Waals surface area contributed by atoms with Crippen molar-refractivity contribution in [2.24, 2.45) is 0 Å². The minimum Gasteiger partial charge on any atom is -0.325 e. The van der Waals surface area contributed by atoms with E-state index in [2.05, 4.69) is 27.9 Å². The van der Waals surface area contributed by atoms with Crippen LogP contribution in [0.5, 0.6) is 0 Å². The fourth-order valence-electron chi connectivity index (χ4n) is 1.57. The van der Waals surface area contributed by atoms with Gasteiger partial charge < -0.3 is 5.32 Å². The molecular weight excluding hydrogens is 388 g/mol. The highest BCUT2D eigenvalue weighted by Crippen LogP contribution is 2.22. The standard InChI is InChI=1S/C15H13FINOS/c1-10-6-7-11(8-13(10)17)18-15(19)9-20-14-5-3-2-4-12(14)16/h2-8H,9H2,1H3,(H,18,19). The first-order valence-corrected chi connectivity index (χ1v) is 8.06. The Labute approximate surface area is 135 Å². The molecule has 0 atom stereocenters. The monoisotopic (exact) mass is 401 g/mol. The van der Waals surface area contributed by atoms with E-state index >= 15 is 0 Å². The molecule has 0 saturated carbocycles. The summed E-state index contributed by atoms with van der Waals surface area (Å²) in [6.45, 7) is 2.02. The predicted molar refractivity (Wildman–Crippen MR) is 89.6 cm³/mol. The summed E-state index contributed by atoms with van der Waals surface area (Å²) in [6, 6.07) is 12.2. The Morgan fingerprint density at radius 2 is 2.05 bits per heavy atom. The Bertz CT molecular complexity index is 633. The molecule has 0 spiro atoms. The van der Waals surface area contributed by atoms with Crippen molar-refractivity contribution in [1.82, 2.24) is 0 Å². The number of aryl methyl sites for hydroxylation is 1. The first-order chi connectivity index (χ1) is 9.56. The second kappa shape index (κ2) is 7.08. The van der Waals surface area contributed by atoms with Gasteiger partial charge in [0.05, 0.1) is 5.75 Å². The van der Waals surface area contributed by atoms with Crippen molar-refractivity contribution in [2.45, 2.75) is 11.8 Å². The van der Waals surface area contributed by atoms with Crippen LogP contribution in [-0.2, 0) is 4.79 Å². The summed E-state index contributed by atoms with van der Waals surface area (Å²) in [5, 5.41) is 2.81. The SMILES string of the molecule is Cc1ccc(NC(=O)CSc2ccccc2F)cc1I. The van der Waals surface area contributed by atoms with E-state index in [9.17, 15) is 9.18 Å². The average Bonchev–Trinajstić information content (AvgIpc) is 2.42. The van der Waals surface area contributed by atoms with Crippen LogP contribution in [0.25, 0.3) is 0 Å². The average molecular weight is 401 g/mol. The zero-order valence-corrected chi connectivity index (χ0v) is 13.8. The maximum absolute atomic E-state index is 13.4. The lowest BCUT2D eigenvalue weighted by Crippen LogP contribution is -2.14. The second-order valence-electron chi connectivity index (χ2n) is 4.23. The molecule has 0 aliphatic heterocycles. The zero-order valence-electron chi connectivity index (χ0n) is 10.8. The van der Waals surface area contributed by atoms with Crippen LogP contribution in [0.15, 0.2) is 47.4 Å². The van der Waals surface area contributed by atoms with E-state index in [0.717, 1.165) is 9.26 Å². The van der Waals surface area contributed by atoms with Gasteiger partial charge in [-0.05, 0) is 59.3 Å². The van der Waals surface area contributed by atoms with E-state index in [0.29, 0.717) is 4.90 Å². The van der Waals surface area contributed by atoms with Gasteiger partial charge in [-0.25, -0.2) is 4.39 Å². The van der Waals surface area contributed by atoms with Gasteiger partial charge in [-0.2, -0.15) is 0 Å². The van der Waals surface area contributed by atoms with E-state index in [-0.39, 0.29) is 17.5 Å². The Kier molecular flexibility index (Phi) is 5.42. The van der Waals surface area contributed by atoms with Crippen LogP contribution in [-0.4, -0.2) is 11.7 Å². The second-order valence-corrected chi connectivity index (χ2v) is 6.41. The molecule has 20 heavy (non-hydrogen) atoms. The lowest BCUT2D eigenvalue weighted by Gasteiger charge is -2.07. The number of benzene rings is 2. The lowest BCUT2D eigenvalue weighted by molar-refractivity contribution is -0.113. The summed E-state index contributed by atoms with van der Waals surface area (Å²) in [4.78, 5) is 12.3. The van der Waals surface area contributed by atoms with Crippen molar-refractivity contribution >= 4 is 45.9 Å². The number of anilines is 1. The van der Waals surface area contributed by atoms with Crippen LogP contribution in [0.2, 0.25) is 0 Å². The molecule has 1 amide bonds. The van der Waals surface area contributed by atoms with Gasteiger partial charge in [0.1, 0.15) is 5.82 Å². The number of halogens is 2. The van der Waals surface area contributed by atoms with Crippen molar-refractivity contribution < 1.29 is 9.18 Å². The van der Waals surface area contributed by atoms with Crippen LogP contribution in [0, 0.1) is 16.3 Å². The summed E-state index contributed by atoms with van der Waals surface area (Å²) >= 11 is 3.42. The first-order valence-electron chi connectivity index (χ1n) is 5.99. The number of hydrogen-bond donors (Lipinski definition) is 1. The quantitative estimate of drug-likeness (QED) is 0.605. The predicted octanol–water partition coefficient (Wildman–Crippen LogP) is 4.47. The number of thioether (sulfide) groups is 1. The van der Waals surface area contributed by atoms with E-state index in [1.165, 1.54) is 23.4 Å². The molecule has 2 nitrogen and oxygen atoms in total. The smallest absolute Gasteiger partial charge is 0.234 e. The van der Waals surface area contributed by atoms with Crippen LogP contribution in [0.4, 0.5) is 10.1 Å². The van der Waals surface area contributed by atoms with Crippen LogP contribution < -0.4 is 5.32 Å². The summed E-state index contributed by atoms with van der Waals surface area (Å²) in [6.07, 6.45) is 0. The van der Waals surface area contributed by atoms with Gasteiger partial charge >= 0.3 is 0 Å². The van der Waals surface area contributed by atoms with E-state index in [4.69, 9.17) is 0 Å². The van der Waals surface area contributed by atoms with Crippen molar-refractivity contribution in [3.05, 3.63) is 57.4 Å². The van der Waals surface area contributed by atoms with Crippen molar-refractivity contribution in [3.63, 3.8) is 0 Å². The highest BCUT2D eigenvalue weighted by atomic mass is 127. The first kappa shape index (κ1) is 15.3. The molecule has 0 radical (unpaired) electrons. The molecule has 0 aliphatic rings. The van der Waals surface area contributed by atoms with Gasteiger partial charge in [0.15, 0.2) is 0 Å². The third kappa shape index (κ3) is 4.21. The minimum absolute atomic E-state index is 0.141. The van der Waals surface area contributed by atoms with E-state index in [1.54, 1.807) is 18.2 Å². The molecule has 0 fully saturated rings. The molecule has 0 saturated heterocycles. The molecule has 0 unspecified atom stereocenters. The Hall–Kier alpha value is -1.08. The normalized spacial score (nSPS) is 10.3. The maximum atomic E-state index is 13.4. The number of amides is 1. The van der Waals surface area contributed by atoms with Crippen LogP contribution in [0.3, 0.4) is 0 Å². The van der Waals surface area contributed by atoms with Crippen molar-refractivity contribution in [2.75, 3.05) is 11.1 Å². The zero-order chi connectivity index (χ0) is 14.5. The van der Waals surface area contributed by atoms with Crippen LogP contribution in [0.1, 0.15) is 5.56 Å². The molecule has 2 rings (SSSR count). The third-order valence-corrected chi connectivity index (χ3v) is 4.86. The Morgan fingerprint density at radius 1 is 1.30 bits per heavy atom. The highest BCUT2D eigenvalue weighted by molar-refractivity contribution is 14.1. The molecule has 2 aromatic rings. The molecular formula is C15H13FINOS. The largest absolute Gasteiger partial charge is 0.325 e. The van der Waals surface area contributed by atoms with Crippen LogP contribution >= 0.6 is 34.4 Å². The van der Waals surface area contributed by atoms with E-state index in [1.807, 2.05) is 25.1 Å². The van der Waals surface area contributed by atoms with Gasteiger partial charge in [0.2, 0.25) is 5.91 Å². The molecule has 0 aromatic heterocycles. The van der Waals surface area contributed by atoms with Crippen molar-refractivity contribution in [1.29, 1.82) is 0 Å². The fraction of sp³-hybridized carbons (Fsp3) is 0.133. The third-order valence-electron chi connectivity index (χ3n) is 2.65. The number of carbonyl (C=O) groups excluding carboxylic acids is 1. The molecule has 104 valence electrons. The Morgan fingerprint density at radius 3 is 2.75 bits per heavy atom. The van der Waals surface area contributed by atoms with Gasteiger partial charge in [-0.1, -0.05) is 18.2 Å². The molecule has 0 aliphatic carbocycles. The molecule has 2 aromatic carbocycles. The Balaban J connectivity index is 1.93. The number of carbonyl (C=O) groups is 1. The summed E-state index contributed by atoms with van der Waals surface area (Å²) in [7, 11) is 0. The van der Waals surface area contributed by atoms with E-state index < -0.39 is 0 Å². The van der Waals surface area contributed by atoms with Gasteiger partial charge in [-0.3, -0.25) is 4.79 Å². The molecule has 0 bridgehead atoms. The lowest BCUT2D eigenvalue weighted by atomic mass is 10.2. The molecule has 0 heterocycles. The van der Waals surface area contributed by atoms with Gasteiger partial charge in [0.25, 0.3) is 0 Å². The summed E-state index contributed by atoms with van der Waals surface area (Å²) < 4.78 is 14.5. The molecule has 1 N–H and O–H groups in total. The van der Waals surface area contributed by atoms with Crippen molar-refractivity contribution in [3.8, 4) is 0 Å². The number of hydrogen-bond acceptors (Lipinski definition) is 2. The summed E-state index contributed by atoms with van der Waals surface area (Å²) in [5.74, 6) is -0.251. The van der Waals surface area contributed by atoms with Gasteiger partial charge in [0, 0.05) is 14.2 Å². The maximum Gasteiger partial charge on any atom is 0.234 e. The fourth-order valence-corrected chi connectivity index (χ4v) is 2.83. The number of rotatable bonds is 4. The topological polar surface area (TPSA) is 29.1 Å².